The molecule has 0 radical (unpaired) electrons. The lowest BCUT2D eigenvalue weighted by atomic mass is 9.73. The molecule has 0 unspecified atom stereocenters. The zero-order chi connectivity index (χ0) is 17.3. The number of hydrogen-bond acceptors (Lipinski definition) is 3. The molecule has 24 heavy (non-hydrogen) atoms. The molecule has 3 rings (SSSR count). The van der Waals surface area contributed by atoms with Crippen LogP contribution in [0.4, 0.5) is 5.69 Å². The number of fused-ring (bicyclic) bond motifs is 1. The van der Waals surface area contributed by atoms with Gasteiger partial charge in [0.25, 0.3) is 5.91 Å². The number of benzene rings is 2. The van der Waals surface area contributed by atoms with E-state index in [0.29, 0.717) is 0 Å². The number of hydrogen-bond donors (Lipinski definition) is 0. The molecule has 0 saturated carbocycles. The van der Waals surface area contributed by atoms with Crippen molar-refractivity contribution in [2.24, 2.45) is 0 Å². The van der Waals surface area contributed by atoms with Crippen LogP contribution in [0.25, 0.3) is 0 Å². The fourth-order valence-electron chi connectivity index (χ4n) is 3.60. The molecule has 0 aromatic heterocycles. The SMILES string of the molecule is CN(C)CC[C@]1(c2ccccc2)C(=O)N(N(C)C)c2ccccc21. The van der Waals surface area contributed by atoms with Gasteiger partial charge in [-0.15, -0.1) is 0 Å². The van der Waals surface area contributed by atoms with Gasteiger partial charge in [-0.25, -0.2) is 10.0 Å². The molecule has 126 valence electrons. The lowest BCUT2D eigenvalue weighted by Crippen LogP contribution is -2.48. The first kappa shape index (κ1) is 16.7. The molecule has 2 aromatic carbocycles. The zero-order valence-electron chi connectivity index (χ0n) is 14.9. The fraction of sp³-hybridized carbons (Fsp3) is 0.350. The number of rotatable bonds is 5. The minimum Gasteiger partial charge on any atom is -0.309 e. The van der Waals surface area contributed by atoms with Crippen molar-refractivity contribution in [3.05, 3.63) is 65.7 Å². The molecule has 0 spiro atoms. The molecule has 1 aliphatic heterocycles. The highest BCUT2D eigenvalue weighted by Gasteiger charge is 2.52. The first-order valence-corrected chi connectivity index (χ1v) is 8.30. The highest BCUT2D eigenvalue weighted by Crippen LogP contribution is 2.48. The van der Waals surface area contributed by atoms with Crippen LogP contribution in [0.3, 0.4) is 0 Å². The van der Waals surface area contributed by atoms with Crippen LogP contribution in [-0.4, -0.2) is 50.6 Å². The van der Waals surface area contributed by atoms with E-state index in [0.717, 1.165) is 29.8 Å². The largest absolute Gasteiger partial charge is 0.309 e. The molecule has 1 heterocycles. The summed E-state index contributed by atoms with van der Waals surface area (Å²) in [6, 6.07) is 18.3. The number of nitrogens with zero attached hydrogens (tertiary/aromatic N) is 3. The van der Waals surface area contributed by atoms with Gasteiger partial charge >= 0.3 is 0 Å². The molecule has 0 N–H and O–H groups in total. The molecule has 4 heteroatoms. The normalized spacial score (nSPS) is 20.1. The fourth-order valence-corrected chi connectivity index (χ4v) is 3.60. The predicted octanol–water partition coefficient (Wildman–Crippen LogP) is 2.75. The lowest BCUT2D eigenvalue weighted by Gasteiger charge is -2.32. The Kier molecular flexibility index (Phi) is 4.43. The molecule has 4 nitrogen and oxygen atoms in total. The summed E-state index contributed by atoms with van der Waals surface area (Å²) in [6.45, 7) is 0.843. The van der Waals surface area contributed by atoms with Crippen LogP contribution in [0.5, 0.6) is 0 Å². The van der Waals surface area contributed by atoms with Gasteiger partial charge in [0.1, 0.15) is 5.41 Å². The summed E-state index contributed by atoms with van der Waals surface area (Å²) in [5, 5.41) is 3.68. The third-order valence-corrected chi connectivity index (χ3v) is 4.75. The van der Waals surface area contributed by atoms with Crippen molar-refractivity contribution in [3.63, 3.8) is 0 Å². The van der Waals surface area contributed by atoms with Gasteiger partial charge < -0.3 is 4.90 Å². The molecule has 0 fully saturated rings. The average Bonchev–Trinajstić information content (AvgIpc) is 2.83. The lowest BCUT2D eigenvalue weighted by molar-refractivity contribution is -0.124. The van der Waals surface area contributed by atoms with E-state index in [1.165, 1.54) is 0 Å². The van der Waals surface area contributed by atoms with E-state index in [9.17, 15) is 4.79 Å². The molecule has 1 amide bonds. The van der Waals surface area contributed by atoms with E-state index < -0.39 is 5.41 Å². The smallest absolute Gasteiger partial charge is 0.256 e. The molecule has 0 saturated heterocycles. The maximum Gasteiger partial charge on any atom is 0.256 e. The van der Waals surface area contributed by atoms with Gasteiger partial charge in [0.2, 0.25) is 0 Å². The maximum absolute atomic E-state index is 13.6. The molecule has 1 aliphatic rings. The predicted molar refractivity (Wildman–Crippen MR) is 98.0 cm³/mol. The van der Waals surface area contributed by atoms with E-state index in [1.807, 2.05) is 69.6 Å². The van der Waals surface area contributed by atoms with Gasteiger partial charge in [-0.05, 0) is 44.3 Å². The van der Waals surface area contributed by atoms with Crippen molar-refractivity contribution in [2.45, 2.75) is 11.8 Å². The monoisotopic (exact) mass is 323 g/mol. The van der Waals surface area contributed by atoms with Crippen LogP contribution < -0.4 is 5.01 Å². The maximum atomic E-state index is 13.6. The van der Waals surface area contributed by atoms with Gasteiger partial charge in [-0.3, -0.25) is 4.79 Å². The van der Waals surface area contributed by atoms with Gasteiger partial charge in [0, 0.05) is 14.1 Å². The van der Waals surface area contributed by atoms with E-state index >= 15 is 0 Å². The quantitative estimate of drug-likeness (QED) is 0.846. The Bertz CT molecular complexity index is 727. The van der Waals surface area contributed by atoms with Gasteiger partial charge in [-0.1, -0.05) is 48.5 Å². The zero-order valence-corrected chi connectivity index (χ0v) is 14.9. The van der Waals surface area contributed by atoms with E-state index in [1.54, 1.807) is 5.01 Å². The second-order valence-electron chi connectivity index (χ2n) is 6.81. The van der Waals surface area contributed by atoms with Gasteiger partial charge in [0.05, 0.1) is 5.69 Å². The Morgan fingerprint density at radius 3 is 2.17 bits per heavy atom. The molecule has 2 aromatic rings. The molecular formula is C20H25N3O. The van der Waals surface area contributed by atoms with E-state index in [-0.39, 0.29) is 5.91 Å². The third kappa shape index (κ3) is 2.52. The molecular weight excluding hydrogens is 298 g/mol. The first-order chi connectivity index (χ1) is 11.5. The number of anilines is 1. The Labute approximate surface area is 144 Å². The Morgan fingerprint density at radius 1 is 0.917 bits per heavy atom. The Balaban J connectivity index is 2.23. The Hall–Kier alpha value is -2.17. The van der Waals surface area contributed by atoms with Crippen LogP contribution in [0.15, 0.2) is 54.6 Å². The minimum absolute atomic E-state index is 0.127. The van der Waals surface area contributed by atoms with Crippen molar-refractivity contribution in [1.82, 2.24) is 9.91 Å². The number of hydrazine groups is 1. The standard InChI is InChI=1S/C20H25N3O/c1-21(2)15-14-20(16-10-6-5-7-11-16)17-12-8-9-13-18(17)23(19(20)24)22(3)4/h5-13H,14-15H2,1-4H3/t20-/m1/s1. The van der Waals surface area contributed by atoms with Crippen molar-refractivity contribution in [2.75, 3.05) is 39.7 Å². The second-order valence-corrected chi connectivity index (χ2v) is 6.81. The summed E-state index contributed by atoms with van der Waals surface area (Å²) in [4.78, 5) is 15.7. The number of carbonyl (C=O) groups is 1. The van der Waals surface area contributed by atoms with Gasteiger partial charge in [0.15, 0.2) is 0 Å². The molecule has 0 aliphatic carbocycles. The van der Waals surface area contributed by atoms with Crippen LogP contribution in [0.1, 0.15) is 17.5 Å². The van der Waals surface area contributed by atoms with Crippen LogP contribution in [-0.2, 0) is 10.2 Å². The average molecular weight is 323 g/mol. The van der Waals surface area contributed by atoms with Crippen LogP contribution >= 0.6 is 0 Å². The summed E-state index contributed by atoms with van der Waals surface area (Å²) < 4.78 is 0. The summed E-state index contributed by atoms with van der Waals surface area (Å²) in [5.74, 6) is 0.127. The molecule has 1 atom stereocenters. The summed E-state index contributed by atoms with van der Waals surface area (Å²) >= 11 is 0. The van der Waals surface area contributed by atoms with Crippen molar-refractivity contribution in [1.29, 1.82) is 0 Å². The summed E-state index contributed by atoms with van der Waals surface area (Å²) in [5.41, 5.74) is 2.51. The van der Waals surface area contributed by atoms with Crippen LogP contribution in [0.2, 0.25) is 0 Å². The second kappa shape index (κ2) is 6.38. The van der Waals surface area contributed by atoms with E-state index in [4.69, 9.17) is 0 Å². The first-order valence-electron chi connectivity index (χ1n) is 8.30. The van der Waals surface area contributed by atoms with Crippen molar-refractivity contribution < 1.29 is 4.79 Å². The van der Waals surface area contributed by atoms with Crippen LogP contribution in [0, 0.1) is 0 Å². The van der Waals surface area contributed by atoms with Gasteiger partial charge in [-0.2, -0.15) is 0 Å². The highest BCUT2D eigenvalue weighted by molar-refractivity contribution is 6.09. The highest BCUT2D eigenvalue weighted by atomic mass is 16.2. The number of para-hydroxylation sites is 1. The third-order valence-electron chi connectivity index (χ3n) is 4.75. The van der Waals surface area contributed by atoms with E-state index in [2.05, 4.69) is 23.1 Å². The molecule has 0 bridgehead atoms. The number of amides is 1. The van der Waals surface area contributed by atoms with Crippen molar-refractivity contribution in [3.8, 4) is 0 Å². The summed E-state index contributed by atoms with van der Waals surface area (Å²) in [7, 11) is 7.94. The minimum atomic E-state index is -0.633. The van der Waals surface area contributed by atoms with Crippen molar-refractivity contribution >= 4 is 11.6 Å². The number of carbonyl (C=O) groups excluding carboxylic acids is 1. The Morgan fingerprint density at radius 2 is 1.54 bits per heavy atom. The summed E-state index contributed by atoms with van der Waals surface area (Å²) in [6.07, 6.45) is 0.754. The topological polar surface area (TPSA) is 26.8 Å².